The Kier molecular flexibility index (Phi) is 6.76. The summed E-state index contributed by atoms with van der Waals surface area (Å²) in [6, 6.07) is 8.08. The van der Waals surface area contributed by atoms with E-state index in [1.807, 2.05) is 18.5 Å². The maximum Gasteiger partial charge on any atom is 0.416 e. The van der Waals surface area contributed by atoms with Gasteiger partial charge in [-0.05, 0) is 82.1 Å². The SMILES string of the molecule is Cc1c(CCNC(=O)OC(C)(C)C)c2cc(S(=O)(=O)c3ccc(C(F)(F)F)cc3)ccc2n1C. The molecule has 0 bridgehead atoms. The van der Waals surface area contributed by atoms with Crippen molar-refractivity contribution in [1.82, 2.24) is 9.88 Å². The number of amides is 1. The van der Waals surface area contributed by atoms with Crippen LogP contribution in [0.25, 0.3) is 10.9 Å². The number of fused-ring (bicyclic) bond motifs is 1. The number of ether oxygens (including phenoxy) is 1. The van der Waals surface area contributed by atoms with E-state index in [1.54, 1.807) is 26.8 Å². The highest BCUT2D eigenvalue weighted by molar-refractivity contribution is 7.91. The van der Waals surface area contributed by atoms with Crippen molar-refractivity contribution in [3.63, 3.8) is 0 Å². The predicted octanol–water partition coefficient (Wildman–Crippen LogP) is 5.41. The average molecular weight is 497 g/mol. The van der Waals surface area contributed by atoms with E-state index in [4.69, 9.17) is 4.74 Å². The van der Waals surface area contributed by atoms with Gasteiger partial charge in [-0.3, -0.25) is 0 Å². The zero-order chi connectivity index (χ0) is 25.5. The minimum Gasteiger partial charge on any atom is -0.444 e. The smallest absolute Gasteiger partial charge is 0.416 e. The first-order valence-corrected chi connectivity index (χ1v) is 12.1. The lowest BCUT2D eigenvalue weighted by Gasteiger charge is -2.19. The van der Waals surface area contributed by atoms with Crippen LogP contribution < -0.4 is 5.32 Å². The molecule has 3 rings (SSSR count). The zero-order valence-electron chi connectivity index (χ0n) is 19.6. The molecular formula is C24H27F3N2O4S. The maximum absolute atomic E-state index is 13.1. The topological polar surface area (TPSA) is 77.4 Å². The van der Waals surface area contributed by atoms with Gasteiger partial charge in [-0.15, -0.1) is 0 Å². The number of sulfone groups is 1. The van der Waals surface area contributed by atoms with Gasteiger partial charge in [0, 0.05) is 30.2 Å². The Morgan fingerprint density at radius 1 is 1.03 bits per heavy atom. The van der Waals surface area contributed by atoms with Gasteiger partial charge in [0.1, 0.15) is 5.60 Å². The number of rotatable bonds is 5. The van der Waals surface area contributed by atoms with E-state index < -0.39 is 33.3 Å². The molecule has 0 radical (unpaired) electrons. The Labute approximate surface area is 196 Å². The highest BCUT2D eigenvalue weighted by Crippen LogP contribution is 2.33. The monoisotopic (exact) mass is 496 g/mol. The first-order valence-electron chi connectivity index (χ1n) is 10.6. The summed E-state index contributed by atoms with van der Waals surface area (Å²) in [5.41, 5.74) is 1.03. The van der Waals surface area contributed by atoms with Gasteiger partial charge in [0.15, 0.2) is 0 Å². The summed E-state index contributed by atoms with van der Waals surface area (Å²) >= 11 is 0. The van der Waals surface area contributed by atoms with Crippen LogP contribution in [0.4, 0.5) is 18.0 Å². The lowest BCUT2D eigenvalue weighted by Crippen LogP contribution is -2.33. The van der Waals surface area contributed by atoms with Gasteiger partial charge in [0.25, 0.3) is 0 Å². The van der Waals surface area contributed by atoms with Gasteiger partial charge >= 0.3 is 12.3 Å². The molecular weight excluding hydrogens is 469 g/mol. The second-order valence-corrected chi connectivity index (χ2v) is 11.0. The normalized spacial score (nSPS) is 12.7. The fourth-order valence-electron chi connectivity index (χ4n) is 3.67. The second-order valence-electron chi connectivity index (χ2n) is 9.01. The molecule has 6 nitrogen and oxygen atoms in total. The van der Waals surface area contributed by atoms with E-state index >= 15 is 0 Å². The molecule has 0 spiro atoms. The number of benzene rings is 2. The number of hydrogen-bond donors (Lipinski definition) is 1. The molecule has 0 aliphatic carbocycles. The van der Waals surface area contributed by atoms with Crippen LogP contribution in [0.1, 0.15) is 37.6 Å². The molecule has 0 saturated carbocycles. The number of aromatic nitrogens is 1. The van der Waals surface area contributed by atoms with Gasteiger partial charge in [0.05, 0.1) is 15.4 Å². The van der Waals surface area contributed by atoms with Crippen LogP contribution >= 0.6 is 0 Å². The quantitative estimate of drug-likeness (QED) is 0.513. The molecule has 184 valence electrons. The molecule has 1 amide bonds. The number of hydrogen-bond acceptors (Lipinski definition) is 4. The number of carbonyl (C=O) groups excluding carboxylic acids is 1. The van der Waals surface area contributed by atoms with Gasteiger partial charge in [-0.1, -0.05) is 0 Å². The second kappa shape index (κ2) is 8.98. The summed E-state index contributed by atoms with van der Waals surface area (Å²) in [5, 5.41) is 3.39. The molecule has 3 aromatic rings. The number of halogens is 3. The molecule has 0 aliphatic rings. The molecule has 0 saturated heterocycles. The van der Waals surface area contributed by atoms with E-state index in [2.05, 4.69) is 5.32 Å². The Hall–Kier alpha value is -3.01. The maximum atomic E-state index is 13.1. The van der Waals surface area contributed by atoms with Gasteiger partial charge in [-0.2, -0.15) is 13.2 Å². The van der Waals surface area contributed by atoms with E-state index in [1.165, 1.54) is 12.1 Å². The summed E-state index contributed by atoms with van der Waals surface area (Å²) in [5.74, 6) is 0. The average Bonchev–Trinajstić information content (AvgIpc) is 2.96. The molecule has 0 atom stereocenters. The third-order valence-electron chi connectivity index (χ3n) is 5.44. The third kappa shape index (κ3) is 5.38. The lowest BCUT2D eigenvalue weighted by molar-refractivity contribution is -0.137. The van der Waals surface area contributed by atoms with E-state index in [9.17, 15) is 26.4 Å². The van der Waals surface area contributed by atoms with Crippen LogP contribution in [0.3, 0.4) is 0 Å². The van der Waals surface area contributed by atoms with Crippen LogP contribution in [0, 0.1) is 6.92 Å². The Bertz CT molecular complexity index is 1320. The highest BCUT2D eigenvalue weighted by Gasteiger charge is 2.31. The lowest BCUT2D eigenvalue weighted by atomic mass is 10.1. The first-order chi connectivity index (χ1) is 15.6. The highest BCUT2D eigenvalue weighted by atomic mass is 32.2. The van der Waals surface area contributed by atoms with Crippen LogP contribution in [0.2, 0.25) is 0 Å². The number of alkyl halides is 3. The Morgan fingerprint density at radius 3 is 2.18 bits per heavy atom. The largest absolute Gasteiger partial charge is 0.444 e. The van der Waals surface area contributed by atoms with Gasteiger partial charge in [-0.25, -0.2) is 13.2 Å². The van der Waals surface area contributed by atoms with Crippen molar-refractivity contribution in [3.8, 4) is 0 Å². The van der Waals surface area contributed by atoms with Crippen LogP contribution in [-0.4, -0.2) is 31.2 Å². The van der Waals surface area contributed by atoms with Crippen molar-refractivity contribution in [3.05, 3.63) is 59.3 Å². The van der Waals surface area contributed by atoms with Crippen LogP contribution in [-0.2, 0) is 34.2 Å². The molecule has 1 N–H and O–H groups in total. The van der Waals surface area contributed by atoms with E-state index in [0.717, 1.165) is 41.0 Å². The van der Waals surface area contributed by atoms with E-state index in [0.29, 0.717) is 11.8 Å². The summed E-state index contributed by atoms with van der Waals surface area (Å²) in [6.07, 6.45) is -4.66. The third-order valence-corrected chi connectivity index (χ3v) is 7.21. The summed E-state index contributed by atoms with van der Waals surface area (Å²) < 4.78 is 71.9. The van der Waals surface area contributed by atoms with Crippen molar-refractivity contribution in [2.45, 2.75) is 55.7 Å². The van der Waals surface area contributed by atoms with Crippen molar-refractivity contribution < 1.29 is 31.1 Å². The number of nitrogens with zero attached hydrogens (tertiary/aromatic N) is 1. The van der Waals surface area contributed by atoms with Crippen LogP contribution in [0.5, 0.6) is 0 Å². The van der Waals surface area contributed by atoms with E-state index in [-0.39, 0.29) is 16.3 Å². The van der Waals surface area contributed by atoms with Crippen molar-refractivity contribution in [1.29, 1.82) is 0 Å². The van der Waals surface area contributed by atoms with Crippen LogP contribution in [0.15, 0.2) is 52.3 Å². The molecule has 1 heterocycles. The van der Waals surface area contributed by atoms with Crippen molar-refractivity contribution >= 4 is 26.8 Å². The standard InChI is InChI=1S/C24H27F3N2O4S/c1-15-19(12-13-28-22(30)33-23(2,3)4)20-14-18(10-11-21(20)29(15)5)34(31,32)17-8-6-16(7-9-17)24(25,26)27/h6-11,14H,12-13H2,1-5H3,(H,28,30). The molecule has 34 heavy (non-hydrogen) atoms. The summed E-state index contributed by atoms with van der Waals surface area (Å²) in [7, 11) is -2.18. The summed E-state index contributed by atoms with van der Waals surface area (Å²) in [4.78, 5) is 11.7. The molecule has 1 aromatic heterocycles. The predicted molar refractivity (Wildman–Crippen MR) is 122 cm³/mol. The minimum absolute atomic E-state index is 0.0216. The Balaban J connectivity index is 1.92. The number of alkyl carbamates (subject to hydrolysis) is 1. The molecule has 2 aromatic carbocycles. The van der Waals surface area contributed by atoms with Crippen molar-refractivity contribution in [2.75, 3.05) is 6.54 Å². The molecule has 0 unspecified atom stereocenters. The van der Waals surface area contributed by atoms with Gasteiger partial charge in [0.2, 0.25) is 9.84 Å². The molecule has 10 heteroatoms. The molecule has 0 fully saturated rings. The fourth-order valence-corrected chi connectivity index (χ4v) is 4.96. The zero-order valence-corrected chi connectivity index (χ0v) is 20.4. The first kappa shape index (κ1) is 25.6. The minimum atomic E-state index is -4.55. The number of aryl methyl sites for hydroxylation is 1. The number of nitrogens with one attached hydrogen (secondary N) is 1. The summed E-state index contributed by atoms with van der Waals surface area (Å²) in [6.45, 7) is 7.47. The fraction of sp³-hybridized carbons (Fsp3) is 0.375. The Morgan fingerprint density at radius 2 is 1.62 bits per heavy atom. The van der Waals surface area contributed by atoms with Crippen molar-refractivity contribution in [2.24, 2.45) is 7.05 Å². The molecule has 0 aliphatic heterocycles. The van der Waals surface area contributed by atoms with Gasteiger partial charge < -0.3 is 14.6 Å². The number of carbonyl (C=O) groups is 1.